The van der Waals surface area contributed by atoms with Crippen LogP contribution in [0.2, 0.25) is 0 Å². The minimum atomic E-state index is -1.34. The first-order valence-corrected chi connectivity index (χ1v) is 7.59. The second kappa shape index (κ2) is 7.25. The molecule has 22 heavy (non-hydrogen) atoms. The third-order valence-electron chi connectivity index (χ3n) is 2.59. The van der Waals surface area contributed by atoms with E-state index >= 15 is 0 Å². The molecule has 0 fully saturated rings. The number of nitrogens with one attached hydrogen (secondary N) is 1. The van der Waals surface area contributed by atoms with Gasteiger partial charge in [-0.15, -0.1) is 0 Å². The maximum Gasteiger partial charge on any atom is 0.324 e. The molecule has 1 amide bonds. The highest BCUT2D eigenvalue weighted by atomic mass is 79.9. The van der Waals surface area contributed by atoms with Crippen LogP contribution in [0.5, 0.6) is 0 Å². The lowest BCUT2D eigenvalue weighted by Gasteiger charge is -2.08. The lowest BCUT2D eigenvalue weighted by molar-refractivity contribution is -0.380. The van der Waals surface area contributed by atoms with Crippen molar-refractivity contribution in [2.24, 2.45) is 5.10 Å². The van der Waals surface area contributed by atoms with Crippen molar-refractivity contribution in [2.75, 3.05) is 0 Å². The van der Waals surface area contributed by atoms with Crippen molar-refractivity contribution in [3.63, 3.8) is 0 Å². The standard InChI is InChI=1S/C13H10BrN3O4S/c14-9-3-1-8(2-4-9)12(18)13(19)16-15-7-10-5-6-11(22-10)17(20)21/h1-7,12,18H,(H,16,19)/b15-7-/t12-/m1/s1. The number of rotatable bonds is 5. The SMILES string of the molecule is O=C(N/N=C\c1ccc([N+](=O)[O-])s1)[C@H](O)c1ccc(Br)cc1. The zero-order valence-corrected chi connectivity index (χ0v) is 13.4. The van der Waals surface area contributed by atoms with Gasteiger partial charge in [-0.3, -0.25) is 14.9 Å². The first kappa shape index (κ1) is 16.3. The van der Waals surface area contributed by atoms with Gasteiger partial charge in [-0.1, -0.05) is 39.4 Å². The maximum absolute atomic E-state index is 11.7. The molecule has 0 saturated carbocycles. The molecule has 0 unspecified atom stereocenters. The molecule has 7 nitrogen and oxygen atoms in total. The summed E-state index contributed by atoms with van der Waals surface area (Å²) in [6.45, 7) is 0. The van der Waals surface area contributed by atoms with Gasteiger partial charge >= 0.3 is 5.00 Å². The van der Waals surface area contributed by atoms with Crippen molar-refractivity contribution >= 4 is 44.4 Å². The van der Waals surface area contributed by atoms with E-state index in [0.29, 0.717) is 10.4 Å². The minimum absolute atomic E-state index is 0.0114. The fraction of sp³-hybridized carbons (Fsp3) is 0.0769. The number of hydrazone groups is 1. The predicted molar refractivity (Wildman–Crippen MR) is 85.8 cm³/mol. The van der Waals surface area contributed by atoms with Crippen LogP contribution in [0.15, 0.2) is 46.0 Å². The average Bonchev–Trinajstić information content (AvgIpc) is 2.96. The molecular formula is C13H10BrN3O4S. The highest BCUT2D eigenvalue weighted by Crippen LogP contribution is 2.22. The van der Waals surface area contributed by atoms with Crippen LogP contribution in [0.25, 0.3) is 0 Å². The van der Waals surface area contributed by atoms with E-state index in [-0.39, 0.29) is 5.00 Å². The van der Waals surface area contributed by atoms with Crippen LogP contribution in [0.3, 0.4) is 0 Å². The van der Waals surface area contributed by atoms with E-state index in [1.165, 1.54) is 18.3 Å². The largest absolute Gasteiger partial charge is 0.378 e. The highest BCUT2D eigenvalue weighted by molar-refractivity contribution is 9.10. The van der Waals surface area contributed by atoms with E-state index in [4.69, 9.17) is 0 Å². The molecule has 0 aliphatic heterocycles. The van der Waals surface area contributed by atoms with Crippen molar-refractivity contribution in [3.05, 3.63) is 61.4 Å². The molecular weight excluding hydrogens is 374 g/mol. The molecule has 0 aliphatic rings. The van der Waals surface area contributed by atoms with E-state index in [1.54, 1.807) is 24.3 Å². The van der Waals surface area contributed by atoms with E-state index in [1.807, 2.05) is 0 Å². The third kappa shape index (κ3) is 4.20. The number of nitrogens with zero attached hydrogens (tertiary/aromatic N) is 2. The Morgan fingerprint density at radius 2 is 2.05 bits per heavy atom. The fourth-order valence-corrected chi connectivity index (χ4v) is 2.48. The van der Waals surface area contributed by atoms with E-state index in [0.717, 1.165) is 15.8 Å². The van der Waals surface area contributed by atoms with Gasteiger partial charge in [0, 0.05) is 10.5 Å². The molecule has 0 aliphatic carbocycles. The Morgan fingerprint density at radius 1 is 1.36 bits per heavy atom. The van der Waals surface area contributed by atoms with Gasteiger partial charge in [0.1, 0.15) is 0 Å². The molecule has 9 heteroatoms. The lowest BCUT2D eigenvalue weighted by atomic mass is 10.1. The monoisotopic (exact) mass is 383 g/mol. The van der Waals surface area contributed by atoms with Crippen molar-refractivity contribution in [3.8, 4) is 0 Å². The second-order valence-corrected chi connectivity index (χ2v) is 6.13. The summed E-state index contributed by atoms with van der Waals surface area (Å²) < 4.78 is 0.834. The van der Waals surface area contributed by atoms with Gasteiger partial charge in [-0.2, -0.15) is 5.10 Å². The van der Waals surface area contributed by atoms with Gasteiger partial charge in [0.2, 0.25) is 0 Å². The Kier molecular flexibility index (Phi) is 5.36. The molecule has 1 aromatic heterocycles. The van der Waals surface area contributed by atoms with Crippen LogP contribution in [-0.2, 0) is 4.79 Å². The molecule has 1 aromatic carbocycles. The van der Waals surface area contributed by atoms with E-state index in [9.17, 15) is 20.0 Å². The third-order valence-corrected chi connectivity index (χ3v) is 4.09. The van der Waals surface area contributed by atoms with Gasteiger partial charge in [0.15, 0.2) is 6.10 Å². The van der Waals surface area contributed by atoms with Crippen molar-refractivity contribution in [2.45, 2.75) is 6.10 Å². The molecule has 0 bridgehead atoms. The van der Waals surface area contributed by atoms with Crippen molar-refractivity contribution in [1.82, 2.24) is 5.43 Å². The number of carbonyl (C=O) groups is 1. The number of halogens is 1. The van der Waals surface area contributed by atoms with Crippen LogP contribution in [0.1, 0.15) is 16.5 Å². The number of hydrogen-bond donors (Lipinski definition) is 2. The van der Waals surface area contributed by atoms with Gasteiger partial charge in [-0.05, 0) is 23.8 Å². The summed E-state index contributed by atoms with van der Waals surface area (Å²) in [6, 6.07) is 9.51. The average molecular weight is 384 g/mol. The van der Waals surface area contributed by atoms with Crippen LogP contribution in [0, 0.1) is 10.1 Å². The van der Waals surface area contributed by atoms with Gasteiger partial charge in [0.05, 0.1) is 16.0 Å². The summed E-state index contributed by atoms with van der Waals surface area (Å²) in [5.41, 5.74) is 2.62. The number of carbonyl (C=O) groups excluding carboxylic acids is 1. The second-order valence-electron chi connectivity index (χ2n) is 4.12. The summed E-state index contributed by atoms with van der Waals surface area (Å²) in [5.74, 6) is -0.690. The molecule has 1 atom stereocenters. The lowest BCUT2D eigenvalue weighted by Crippen LogP contribution is -2.25. The number of aliphatic hydroxyl groups excluding tert-OH is 1. The summed E-state index contributed by atoms with van der Waals surface area (Å²) >= 11 is 4.19. The topological polar surface area (TPSA) is 105 Å². The first-order chi connectivity index (χ1) is 10.5. The maximum atomic E-state index is 11.7. The van der Waals surface area contributed by atoms with Crippen LogP contribution in [-0.4, -0.2) is 22.2 Å². The number of thiophene rings is 1. The van der Waals surface area contributed by atoms with Gasteiger partial charge in [0.25, 0.3) is 5.91 Å². The first-order valence-electron chi connectivity index (χ1n) is 5.98. The summed E-state index contributed by atoms with van der Waals surface area (Å²) in [4.78, 5) is 22.3. The Bertz CT molecular complexity index is 714. The Balaban J connectivity index is 1.95. The number of amides is 1. The van der Waals surface area contributed by atoms with E-state index in [2.05, 4.69) is 26.5 Å². The molecule has 0 spiro atoms. The zero-order valence-electron chi connectivity index (χ0n) is 11.0. The van der Waals surface area contributed by atoms with Gasteiger partial charge in [-0.25, -0.2) is 5.43 Å². The summed E-state index contributed by atoms with van der Waals surface area (Å²) in [6.07, 6.45) is -0.0629. The Labute approximate surface area is 137 Å². The Hall–Kier alpha value is -2.10. The molecule has 2 aromatic rings. The minimum Gasteiger partial charge on any atom is -0.378 e. The number of aliphatic hydroxyl groups is 1. The number of hydrogen-bond acceptors (Lipinski definition) is 6. The van der Waals surface area contributed by atoms with Crippen LogP contribution < -0.4 is 5.43 Å². The van der Waals surface area contributed by atoms with E-state index < -0.39 is 16.9 Å². The normalized spacial score (nSPS) is 12.3. The van der Waals surface area contributed by atoms with Crippen LogP contribution in [0.4, 0.5) is 5.00 Å². The van der Waals surface area contributed by atoms with Crippen molar-refractivity contribution in [1.29, 1.82) is 0 Å². The van der Waals surface area contributed by atoms with Gasteiger partial charge < -0.3 is 5.11 Å². The quantitative estimate of drug-likeness (QED) is 0.470. The van der Waals surface area contributed by atoms with Crippen LogP contribution >= 0.6 is 27.3 Å². The molecule has 1 heterocycles. The zero-order chi connectivity index (χ0) is 16.1. The fourth-order valence-electron chi connectivity index (χ4n) is 1.53. The molecule has 2 N–H and O–H groups in total. The smallest absolute Gasteiger partial charge is 0.324 e. The molecule has 0 saturated heterocycles. The molecule has 114 valence electrons. The number of nitro groups is 1. The molecule has 0 radical (unpaired) electrons. The predicted octanol–water partition coefficient (Wildman–Crippen LogP) is 2.60. The van der Waals surface area contributed by atoms with Crippen molar-refractivity contribution < 1.29 is 14.8 Å². The Morgan fingerprint density at radius 3 is 2.64 bits per heavy atom. The summed E-state index contributed by atoms with van der Waals surface area (Å²) in [5, 5.41) is 24.1. The summed E-state index contributed by atoms with van der Waals surface area (Å²) in [7, 11) is 0. The highest BCUT2D eigenvalue weighted by Gasteiger charge is 2.16. The molecule has 2 rings (SSSR count). The number of benzene rings is 1.